The monoisotopic (exact) mass is 407 g/mol. The van der Waals surface area contributed by atoms with Crippen LogP contribution in [0, 0.1) is 25.5 Å². The summed E-state index contributed by atoms with van der Waals surface area (Å²) in [5.74, 6) is -1.93. The quantitative estimate of drug-likeness (QED) is 0.610. The summed E-state index contributed by atoms with van der Waals surface area (Å²) in [7, 11) is 0. The Morgan fingerprint density at radius 3 is 2.73 bits per heavy atom. The van der Waals surface area contributed by atoms with Crippen LogP contribution in [0.15, 0.2) is 48.7 Å². The predicted octanol–water partition coefficient (Wildman–Crippen LogP) is 5.06. The molecule has 1 amide bonds. The predicted molar refractivity (Wildman–Crippen MR) is 111 cm³/mol. The van der Waals surface area contributed by atoms with Crippen LogP contribution in [0.2, 0.25) is 0 Å². The van der Waals surface area contributed by atoms with Crippen molar-refractivity contribution in [2.75, 3.05) is 13.1 Å². The Hall–Kier alpha value is -3.15. The average Bonchev–Trinajstić information content (AvgIpc) is 2.75. The fourth-order valence-corrected chi connectivity index (χ4v) is 4.06. The van der Waals surface area contributed by atoms with E-state index in [0.717, 1.165) is 41.3 Å². The molecule has 154 valence electrons. The zero-order chi connectivity index (χ0) is 21.3. The molecule has 0 spiro atoms. The molecule has 1 aromatic heterocycles. The van der Waals surface area contributed by atoms with Crippen LogP contribution in [0.25, 0.3) is 11.1 Å². The Bertz CT molecular complexity index is 1100. The second-order valence-corrected chi connectivity index (χ2v) is 7.78. The largest absolute Gasteiger partial charge is 0.338 e. The van der Waals surface area contributed by atoms with Gasteiger partial charge in [0.1, 0.15) is 5.82 Å². The molecule has 1 fully saturated rings. The number of hydrogen-bond donors (Lipinski definition) is 0. The summed E-state index contributed by atoms with van der Waals surface area (Å²) in [6.07, 6.45) is 3.47. The number of nitrogens with zero attached hydrogens (tertiary/aromatic N) is 3. The maximum absolute atomic E-state index is 14.2. The number of aromatic nitrogens is 2. The third-order valence-corrected chi connectivity index (χ3v) is 5.55. The van der Waals surface area contributed by atoms with E-state index in [2.05, 4.69) is 11.1 Å². The van der Waals surface area contributed by atoms with Crippen LogP contribution in [0.4, 0.5) is 8.78 Å². The van der Waals surface area contributed by atoms with E-state index in [1.807, 2.05) is 38.2 Å². The SMILES string of the molecule is Cc1cccc(-c2cnc(C)nc2C2CCCN(C(=O)c3cccc(F)c3F)C2)c1. The lowest BCUT2D eigenvalue weighted by molar-refractivity contribution is 0.0700. The average molecular weight is 407 g/mol. The summed E-state index contributed by atoms with van der Waals surface area (Å²) in [4.78, 5) is 23.6. The van der Waals surface area contributed by atoms with Gasteiger partial charge in [0, 0.05) is 30.8 Å². The molecule has 2 aromatic carbocycles. The van der Waals surface area contributed by atoms with E-state index < -0.39 is 17.5 Å². The van der Waals surface area contributed by atoms with E-state index in [4.69, 9.17) is 4.98 Å². The van der Waals surface area contributed by atoms with Crippen LogP contribution < -0.4 is 0 Å². The Balaban J connectivity index is 1.66. The molecule has 0 radical (unpaired) electrons. The number of amides is 1. The van der Waals surface area contributed by atoms with E-state index in [1.165, 1.54) is 12.1 Å². The van der Waals surface area contributed by atoms with Gasteiger partial charge in [-0.25, -0.2) is 18.7 Å². The molecule has 1 saturated heterocycles. The zero-order valence-electron chi connectivity index (χ0n) is 17.0. The van der Waals surface area contributed by atoms with Crippen LogP contribution in [0.1, 0.15) is 46.2 Å². The van der Waals surface area contributed by atoms with Crippen molar-refractivity contribution in [1.29, 1.82) is 0 Å². The minimum atomic E-state index is -1.09. The van der Waals surface area contributed by atoms with Crippen molar-refractivity contribution in [1.82, 2.24) is 14.9 Å². The number of carbonyl (C=O) groups is 1. The molecule has 4 nitrogen and oxygen atoms in total. The van der Waals surface area contributed by atoms with Crippen LogP contribution in [-0.4, -0.2) is 33.9 Å². The smallest absolute Gasteiger partial charge is 0.256 e. The van der Waals surface area contributed by atoms with E-state index in [9.17, 15) is 13.6 Å². The van der Waals surface area contributed by atoms with Crippen LogP contribution >= 0.6 is 0 Å². The second kappa shape index (κ2) is 8.30. The lowest BCUT2D eigenvalue weighted by Gasteiger charge is -2.33. The first kappa shape index (κ1) is 20.1. The standard InChI is InChI=1S/C24H23F2N3O/c1-15-6-3-7-17(12-15)20-13-27-16(2)28-23(20)18-8-5-11-29(14-18)24(30)19-9-4-10-21(25)22(19)26/h3-4,6-7,9-10,12-13,18H,5,8,11,14H2,1-2H3. The van der Waals surface area contributed by atoms with Crippen molar-refractivity contribution in [3.05, 3.63) is 82.9 Å². The fraction of sp³-hybridized carbons (Fsp3) is 0.292. The first-order chi connectivity index (χ1) is 14.4. The Kier molecular flexibility index (Phi) is 5.57. The van der Waals surface area contributed by atoms with Gasteiger partial charge >= 0.3 is 0 Å². The van der Waals surface area contributed by atoms with Crippen molar-refractivity contribution >= 4 is 5.91 Å². The fourth-order valence-electron chi connectivity index (χ4n) is 4.06. The zero-order valence-corrected chi connectivity index (χ0v) is 17.0. The van der Waals surface area contributed by atoms with Gasteiger partial charge in [0.2, 0.25) is 0 Å². The molecule has 0 saturated carbocycles. The molecule has 1 unspecified atom stereocenters. The maximum Gasteiger partial charge on any atom is 0.256 e. The highest BCUT2D eigenvalue weighted by atomic mass is 19.2. The van der Waals surface area contributed by atoms with E-state index in [1.54, 1.807) is 4.90 Å². The third kappa shape index (κ3) is 3.95. The Morgan fingerprint density at radius 2 is 1.93 bits per heavy atom. The summed E-state index contributed by atoms with van der Waals surface area (Å²) in [6, 6.07) is 11.9. The van der Waals surface area contributed by atoms with Gasteiger partial charge in [0.15, 0.2) is 11.6 Å². The molecule has 0 bridgehead atoms. The first-order valence-corrected chi connectivity index (χ1v) is 10.1. The van der Waals surface area contributed by atoms with E-state index in [-0.39, 0.29) is 11.5 Å². The second-order valence-electron chi connectivity index (χ2n) is 7.78. The number of piperidine rings is 1. The van der Waals surface area contributed by atoms with Crippen LogP contribution in [0.5, 0.6) is 0 Å². The normalized spacial score (nSPS) is 16.5. The van der Waals surface area contributed by atoms with E-state index in [0.29, 0.717) is 18.9 Å². The first-order valence-electron chi connectivity index (χ1n) is 10.1. The molecule has 1 atom stereocenters. The summed E-state index contributed by atoms with van der Waals surface area (Å²) < 4.78 is 27.8. The molecule has 6 heteroatoms. The highest BCUT2D eigenvalue weighted by Crippen LogP contribution is 2.34. The lowest BCUT2D eigenvalue weighted by Crippen LogP contribution is -2.40. The van der Waals surface area contributed by atoms with Crippen molar-refractivity contribution in [3.8, 4) is 11.1 Å². The summed E-state index contributed by atoms with van der Waals surface area (Å²) >= 11 is 0. The van der Waals surface area contributed by atoms with Gasteiger partial charge in [0.25, 0.3) is 5.91 Å². The third-order valence-electron chi connectivity index (χ3n) is 5.55. The molecule has 2 heterocycles. The molecule has 0 N–H and O–H groups in total. The molecular weight excluding hydrogens is 384 g/mol. The van der Waals surface area contributed by atoms with Crippen molar-refractivity contribution in [2.45, 2.75) is 32.6 Å². The van der Waals surface area contributed by atoms with Crippen LogP contribution in [0.3, 0.4) is 0 Å². The lowest BCUT2D eigenvalue weighted by atomic mass is 9.89. The number of aryl methyl sites for hydroxylation is 2. The van der Waals surface area contributed by atoms with E-state index >= 15 is 0 Å². The molecular formula is C24H23F2N3O. The number of benzene rings is 2. The number of rotatable bonds is 3. The minimum absolute atomic E-state index is 0.00321. The minimum Gasteiger partial charge on any atom is -0.338 e. The van der Waals surface area contributed by atoms with Crippen molar-refractivity contribution in [3.63, 3.8) is 0 Å². The summed E-state index contributed by atoms with van der Waals surface area (Å²) in [5.41, 5.74) is 3.78. The molecule has 3 aromatic rings. The number of carbonyl (C=O) groups excluding carboxylic acids is 1. The van der Waals surface area contributed by atoms with Gasteiger partial charge in [-0.3, -0.25) is 4.79 Å². The maximum atomic E-state index is 14.2. The van der Waals surface area contributed by atoms with Gasteiger partial charge in [-0.2, -0.15) is 0 Å². The molecule has 1 aliphatic heterocycles. The van der Waals surface area contributed by atoms with Gasteiger partial charge < -0.3 is 4.90 Å². The molecule has 0 aliphatic carbocycles. The van der Waals surface area contributed by atoms with Crippen molar-refractivity contribution in [2.24, 2.45) is 0 Å². The van der Waals surface area contributed by atoms with Crippen LogP contribution in [-0.2, 0) is 0 Å². The Labute approximate surface area is 174 Å². The molecule has 30 heavy (non-hydrogen) atoms. The summed E-state index contributed by atoms with van der Waals surface area (Å²) in [6.45, 7) is 4.79. The number of likely N-dealkylation sites (tertiary alicyclic amines) is 1. The van der Waals surface area contributed by atoms with Gasteiger partial charge in [-0.15, -0.1) is 0 Å². The number of halogens is 2. The highest BCUT2D eigenvalue weighted by Gasteiger charge is 2.30. The van der Waals surface area contributed by atoms with Gasteiger partial charge in [0.05, 0.1) is 11.3 Å². The molecule has 1 aliphatic rings. The Morgan fingerprint density at radius 1 is 1.13 bits per heavy atom. The summed E-state index contributed by atoms with van der Waals surface area (Å²) in [5, 5.41) is 0. The molecule has 4 rings (SSSR count). The highest BCUT2D eigenvalue weighted by molar-refractivity contribution is 5.94. The van der Waals surface area contributed by atoms with Gasteiger partial charge in [-0.05, 0) is 44.4 Å². The topological polar surface area (TPSA) is 46.1 Å². The van der Waals surface area contributed by atoms with Crippen molar-refractivity contribution < 1.29 is 13.6 Å². The van der Waals surface area contributed by atoms with Gasteiger partial charge in [-0.1, -0.05) is 35.9 Å². The number of hydrogen-bond acceptors (Lipinski definition) is 3.